The van der Waals surface area contributed by atoms with Crippen LogP contribution in [-0.2, 0) is 13.1 Å². The fourth-order valence-electron chi connectivity index (χ4n) is 2.05. The van der Waals surface area contributed by atoms with Crippen LogP contribution in [0.2, 0.25) is 0 Å². The molecule has 102 valence electrons. The molecule has 0 aliphatic heterocycles. The van der Waals surface area contributed by atoms with Gasteiger partial charge in [-0.25, -0.2) is 4.39 Å². The van der Waals surface area contributed by atoms with Crippen LogP contribution in [0.15, 0.2) is 41.0 Å². The van der Waals surface area contributed by atoms with Gasteiger partial charge in [-0.1, -0.05) is 13.0 Å². The van der Waals surface area contributed by atoms with E-state index in [1.807, 2.05) is 37.1 Å². The van der Waals surface area contributed by atoms with Gasteiger partial charge in [0.15, 0.2) is 0 Å². The van der Waals surface area contributed by atoms with Crippen molar-refractivity contribution < 1.29 is 8.81 Å². The average Bonchev–Trinajstić information content (AvgIpc) is 2.90. The second-order valence-electron chi connectivity index (χ2n) is 4.45. The molecule has 3 nitrogen and oxygen atoms in total. The van der Waals surface area contributed by atoms with Crippen molar-refractivity contribution in [1.82, 2.24) is 5.32 Å². The van der Waals surface area contributed by atoms with Gasteiger partial charge in [-0.3, -0.25) is 0 Å². The molecule has 0 spiro atoms. The molecule has 0 aliphatic carbocycles. The minimum absolute atomic E-state index is 0.176. The third kappa shape index (κ3) is 3.35. The van der Waals surface area contributed by atoms with Gasteiger partial charge >= 0.3 is 0 Å². The molecule has 0 saturated carbocycles. The van der Waals surface area contributed by atoms with Crippen molar-refractivity contribution in [1.29, 1.82) is 0 Å². The van der Waals surface area contributed by atoms with Crippen molar-refractivity contribution in [2.75, 3.05) is 18.5 Å². The molecule has 0 amide bonds. The summed E-state index contributed by atoms with van der Waals surface area (Å²) in [5.41, 5.74) is 1.58. The quantitative estimate of drug-likeness (QED) is 0.866. The standard InChI is InChI=1S/C15H19FN2O/c1-3-17-10-13-14(16)7-4-8-15(13)18(2)11-12-6-5-9-19-12/h4-9,17H,3,10-11H2,1-2H3. The van der Waals surface area contributed by atoms with Crippen LogP contribution in [0.4, 0.5) is 10.1 Å². The van der Waals surface area contributed by atoms with Crippen LogP contribution >= 0.6 is 0 Å². The van der Waals surface area contributed by atoms with Gasteiger partial charge in [-0.2, -0.15) is 0 Å². The topological polar surface area (TPSA) is 28.4 Å². The summed E-state index contributed by atoms with van der Waals surface area (Å²) < 4.78 is 19.2. The number of furan rings is 1. The van der Waals surface area contributed by atoms with Crippen LogP contribution < -0.4 is 10.2 Å². The second kappa shape index (κ2) is 6.38. The van der Waals surface area contributed by atoms with Gasteiger partial charge in [0.25, 0.3) is 0 Å². The lowest BCUT2D eigenvalue weighted by Gasteiger charge is -2.22. The van der Waals surface area contributed by atoms with Gasteiger partial charge in [0.2, 0.25) is 0 Å². The van der Waals surface area contributed by atoms with Crippen LogP contribution in [0.5, 0.6) is 0 Å². The Bertz CT molecular complexity index is 511. The molecule has 4 heteroatoms. The molecule has 2 aromatic rings. The van der Waals surface area contributed by atoms with E-state index < -0.39 is 0 Å². The fourth-order valence-corrected chi connectivity index (χ4v) is 2.05. The van der Waals surface area contributed by atoms with Gasteiger partial charge in [-0.15, -0.1) is 0 Å². The predicted octanol–water partition coefficient (Wildman–Crippen LogP) is 3.16. The molecule has 19 heavy (non-hydrogen) atoms. The summed E-state index contributed by atoms with van der Waals surface area (Å²) in [4.78, 5) is 1.99. The van der Waals surface area contributed by atoms with E-state index in [0.29, 0.717) is 18.7 Å². The first-order valence-electron chi connectivity index (χ1n) is 6.44. The third-order valence-corrected chi connectivity index (χ3v) is 3.03. The number of halogens is 1. The summed E-state index contributed by atoms with van der Waals surface area (Å²) in [5.74, 6) is 0.686. The molecule has 0 atom stereocenters. The summed E-state index contributed by atoms with van der Waals surface area (Å²) in [5, 5.41) is 3.17. The van der Waals surface area contributed by atoms with E-state index in [9.17, 15) is 4.39 Å². The summed E-state index contributed by atoms with van der Waals surface area (Å²) in [6, 6.07) is 8.93. The van der Waals surface area contributed by atoms with E-state index in [0.717, 1.165) is 18.0 Å². The second-order valence-corrected chi connectivity index (χ2v) is 4.45. The van der Waals surface area contributed by atoms with E-state index in [1.165, 1.54) is 6.07 Å². The molecular weight excluding hydrogens is 243 g/mol. The summed E-state index contributed by atoms with van der Waals surface area (Å²) in [6.45, 7) is 3.97. The first-order chi connectivity index (χ1) is 9.22. The number of nitrogens with one attached hydrogen (secondary N) is 1. The number of rotatable bonds is 6. The monoisotopic (exact) mass is 262 g/mol. The first kappa shape index (κ1) is 13.6. The molecule has 0 saturated heterocycles. The Morgan fingerprint density at radius 3 is 2.79 bits per heavy atom. The molecule has 1 heterocycles. The zero-order chi connectivity index (χ0) is 13.7. The molecule has 1 aromatic carbocycles. The molecular formula is C15H19FN2O. The molecule has 0 aliphatic rings. The summed E-state index contributed by atoms with van der Waals surface area (Å²) in [6.07, 6.45) is 1.65. The maximum atomic E-state index is 13.9. The molecule has 0 unspecified atom stereocenters. The molecule has 1 N–H and O–H groups in total. The maximum Gasteiger partial charge on any atom is 0.129 e. The number of nitrogens with zero attached hydrogens (tertiary/aromatic N) is 1. The number of anilines is 1. The highest BCUT2D eigenvalue weighted by atomic mass is 19.1. The van der Waals surface area contributed by atoms with E-state index in [4.69, 9.17) is 4.42 Å². The van der Waals surface area contributed by atoms with Gasteiger partial charge < -0.3 is 14.6 Å². The van der Waals surface area contributed by atoms with E-state index in [2.05, 4.69) is 5.32 Å². The van der Waals surface area contributed by atoms with Crippen LogP contribution in [-0.4, -0.2) is 13.6 Å². The lowest BCUT2D eigenvalue weighted by molar-refractivity contribution is 0.506. The number of benzene rings is 1. The minimum Gasteiger partial charge on any atom is -0.467 e. The Morgan fingerprint density at radius 2 is 2.11 bits per heavy atom. The third-order valence-electron chi connectivity index (χ3n) is 3.03. The first-order valence-corrected chi connectivity index (χ1v) is 6.44. The molecule has 0 radical (unpaired) electrons. The zero-order valence-corrected chi connectivity index (χ0v) is 11.3. The summed E-state index contributed by atoms with van der Waals surface area (Å²) >= 11 is 0. The number of hydrogen-bond acceptors (Lipinski definition) is 3. The zero-order valence-electron chi connectivity index (χ0n) is 11.3. The van der Waals surface area contributed by atoms with Crippen LogP contribution in [0.3, 0.4) is 0 Å². The Kier molecular flexibility index (Phi) is 4.58. The lowest BCUT2D eigenvalue weighted by Crippen LogP contribution is -2.21. The smallest absolute Gasteiger partial charge is 0.129 e. The van der Waals surface area contributed by atoms with Gasteiger partial charge in [0, 0.05) is 24.8 Å². The van der Waals surface area contributed by atoms with Crippen molar-refractivity contribution in [3.8, 4) is 0 Å². The van der Waals surface area contributed by atoms with Gasteiger partial charge in [-0.05, 0) is 30.8 Å². The Balaban J connectivity index is 2.20. The van der Waals surface area contributed by atoms with Crippen molar-refractivity contribution in [3.63, 3.8) is 0 Å². The fraction of sp³-hybridized carbons (Fsp3) is 0.333. The van der Waals surface area contributed by atoms with Crippen LogP contribution in [0, 0.1) is 5.82 Å². The molecule has 0 fully saturated rings. The van der Waals surface area contributed by atoms with Crippen molar-refractivity contribution in [2.45, 2.75) is 20.0 Å². The SMILES string of the molecule is CCNCc1c(F)cccc1N(C)Cc1ccco1. The van der Waals surface area contributed by atoms with E-state index in [1.54, 1.807) is 12.3 Å². The molecule has 1 aromatic heterocycles. The van der Waals surface area contributed by atoms with Crippen molar-refractivity contribution in [3.05, 3.63) is 53.7 Å². The van der Waals surface area contributed by atoms with E-state index >= 15 is 0 Å². The Morgan fingerprint density at radius 1 is 1.26 bits per heavy atom. The lowest BCUT2D eigenvalue weighted by atomic mass is 10.1. The Hall–Kier alpha value is -1.81. The van der Waals surface area contributed by atoms with Gasteiger partial charge in [0.1, 0.15) is 11.6 Å². The molecule has 2 rings (SSSR count). The number of hydrogen-bond donors (Lipinski definition) is 1. The average molecular weight is 262 g/mol. The van der Waals surface area contributed by atoms with E-state index in [-0.39, 0.29) is 5.82 Å². The van der Waals surface area contributed by atoms with Crippen LogP contribution in [0.25, 0.3) is 0 Å². The van der Waals surface area contributed by atoms with Crippen LogP contribution in [0.1, 0.15) is 18.2 Å². The summed E-state index contributed by atoms with van der Waals surface area (Å²) in [7, 11) is 1.94. The highest BCUT2D eigenvalue weighted by molar-refractivity contribution is 5.53. The van der Waals surface area contributed by atoms with Gasteiger partial charge in [0.05, 0.1) is 12.8 Å². The normalized spacial score (nSPS) is 10.7. The minimum atomic E-state index is -0.176. The van der Waals surface area contributed by atoms with Crippen molar-refractivity contribution >= 4 is 5.69 Å². The van der Waals surface area contributed by atoms with Crippen molar-refractivity contribution in [2.24, 2.45) is 0 Å². The molecule has 0 bridgehead atoms. The Labute approximate surface area is 113 Å². The largest absolute Gasteiger partial charge is 0.467 e. The predicted molar refractivity (Wildman–Crippen MR) is 74.6 cm³/mol. The highest BCUT2D eigenvalue weighted by Crippen LogP contribution is 2.23. The maximum absolute atomic E-state index is 13.9. The highest BCUT2D eigenvalue weighted by Gasteiger charge is 2.12.